The molecule has 0 amide bonds. The van der Waals surface area contributed by atoms with Crippen LogP contribution in [0.25, 0.3) is 21.8 Å². The number of hydrogen-bond acceptors (Lipinski definition) is 4. The highest BCUT2D eigenvalue weighted by atomic mass is 32.1. The number of thiazole rings is 1. The maximum atomic E-state index is 5.75. The van der Waals surface area contributed by atoms with Crippen molar-refractivity contribution in [3.63, 3.8) is 0 Å². The average Bonchev–Trinajstić information content (AvgIpc) is 3.06. The molecule has 3 aromatic rings. The molecule has 24 heavy (non-hydrogen) atoms. The number of nitrogens with zero attached hydrogens (tertiary/aromatic N) is 2. The third-order valence-electron chi connectivity index (χ3n) is 3.97. The second-order valence-corrected chi connectivity index (χ2v) is 6.95. The zero-order valence-corrected chi connectivity index (χ0v) is 15.0. The van der Waals surface area contributed by atoms with Crippen LogP contribution < -0.4 is 5.73 Å². The summed E-state index contributed by atoms with van der Waals surface area (Å²) < 4.78 is 0. The molecule has 0 saturated heterocycles. The van der Waals surface area contributed by atoms with Gasteiger partial charge in [-0.3, -0.25) is 0 Å². The molecule has 0 unspecified atom stereocenters. The molecule has 0 bridgehead atoms. The molecule has 3 nitrogen and oxygen atoms in total. The maximum absolute atomic E-state index is 5.75. The van der Waals surface area contributed by atoms with Crippen molar-refractivity contribution in [2.75, 3.05) is 19.3 Å². The number of anilines is 1. The van der Waals surface area contributed by atoms with Gasteiger partial charge in [0.15, 0.2) is 0 Å². The van der Waals surface area contributed by atoms with Crippen LogP contribution in [0.15, 0.2) is 53.9 Å². The second kappa shape index (κ2) is 7.60. The van der Waals surface area contributed by atoms with E-state index in [4.69, 9.17) is 10.7 Å². The Kier molecular flexibility index (Phi) is 5.28. The summed E-state index contributed by atoms with van der Waals surface area (Å²) in [6.07, 6.45) is 1.18. The highest BCUT2D eigenvalue weighted by Gasteiger charge is 2.07. The van der Waals surface area contributed by atoms with Crippen molar-refractivity contribution < 1.29 is 0 Å². The summed E-state index contributed by atoms with van der Waals surface area (Å²) in [5.41, 5.74) is 11.2. The van der Waals surface area contributed by atoms with Crippen LogP contribution >= 0.6 is 11.3 Å². The monoisotopic (exact) mass is 337 g/mol. The lowest BCUT2D eigenvalue weighted by Gasteiger charge is -2.15. The van der Waals surface area contributed by atoms with Crippen molar-refractivity contribution in [2.24, 2.45) is 0 Å². The Morgan fingerprint density at radius 1 is 1.00 bits per heavy atom. The van der Waals surface area contributed by atoms with Crippen LogP contribution in [0.2, 0.25) is 0 Å². The first-order valence-corrected chi connectivity index (χ1v) is 9.13. The number of aromatic nitrogens is 1. The molecule has 0 atom stereocenters. The molecule has 124 valence electrons. The van der Waals surface area contributed by atoms with Gasteiger partial charge in [-0.15, -0.1) is 11.3 Å². The van der Waals surface area contributed by atoms with E-state index in [1.807, 2.05) is 24.3 Å². The van der Waals surface area contributed by atoms with Crippen molar-refractivity contribution in [3.05, 3.63) is 59.5 Å². The predicted octanol–water partition coefficient (Wildman–Crippen LogP) is 4.90. The first kappa shape index (κ1) is 16.7. The summed E-state index contributed by atoms with van der Waals surface area (Å²) in [5, 5.41) is 3.14. The largest absolute Gasteiger partial charge is 0.399 e. The van der Waals surface area contributed by atoms with Crippen LogP contribution in [0, 0.1) is 0 Å². The minimum absolute atomic E-state index is 0.777. The number of benzene rings is 2. The van der Waals surface area contributed by atoms with E-state index >= 15 is 0 Å². The molecule has 1 aromatic heterocycles. The lowest BCUT2D eigenvalue weighted by atomic mass is 10.1. The smallest absolute Gasteiger partial charge is 0.124 e. The quantitative estimate of drug-likeness (QED) is 0.650. The van der Waals surface area contributed by atoms with Crippen LogP contribution in [-0.4, -0.2) is 23.5 Å². The molecule has 2 N–H and O–H groups in total. The Morgan fingerprint density at radius 2 is 1.67 bits per heavy atom. The van der Waals surface area contributed by atoms with Crippen molar-refractivity contribution in [1.82, 2.24) is 9.88 Å². The van der Waals surface area contributed by atoms with Gasteiger partial charge < -0.3 is 10.6 Å². The van der Waals surface area contributed by atoms with Crippen LogP contribution in [0.3, 0.4) is 0 Å². The molecule has 4 heteroatoms. The number of nitrogens with two attached hydrogens (primary N) is 1. The fourth-order valence-corrected chi connectivity index (χ4v) is 3.55. The summed E-state index contributed by atoms with van der Waals surface area (Å²) in [4.78, 5) is 7.11. The van der Waals surface area contributed by atoms with Crippen molar-refractivity contribution in [1.29, 1.82) is 0 Å². The normalized spacial score (nSPS) is 11.1. The summed E-state index contributed by atoms with van der Waals surface area (Å²) in [5.74, 6) is 0. The number of rotatable bonds is 6. The molecule has 0 aliphatic heterocycles. The number of nitrogen functional groups attached to an aromatic ring is 1. The Balaban J connectivity index is 1.74. The van der Waals surface area contributed by atoms with Gasteiger partial charge in [-0.1, -0.05) is 31.2 Å². The minimum Gasteiger partial charge on any atom is -0.399 e. The van der Waals surface area contributed by atoms with Crippen LogP contribution in [0.4, 0.5) is 5.69 Å². The van der Waals surface area contributed by atoms with E-state index in [0.717, 1.165) is 40.6 Å². The van der Waals surface area contributed by atoms with Gasteiger partial charge in [0.1, 0.15) is 5.01 Å². The predicted molar refractivity (Wildman–Crippen MR) is 104 cm³/mol. The Hall–Kier alpha value is -2.17. The van der Waals surface area contributed by atoms with Gasteiger partial charge in [-0.05, 0) is 49.8 Å². The van der Waals surface area contributed by atoms with Gasteiger partial charge in [0.2, 0.25) is 0 Å². The van der Waals surface area contributed by atoms with Crippen LogP contribution in [-0.2, 0) is 6.54 Å². The molecule has 1 heterocycles. The van der Waals surface area contributed by atoms with E-state index in [1.54, 1.807) is 11.3 Å². The maximum Gasteiger partial charge on any atom is 0.124 e. The van der Waals surface area contributed by atoms with E-state index in [2.05, 4.69) is 48.5 Å². The molecule has 0 aliphatic carbocycles. The highest BCUT2D eigenvalue weighted by Crippen LogP contribution is 2.29. The van der Waals surface area contributed by atoms with Gasteiger partial charge in [0.25, 0.3) is 0 Å². The van der Waals surface area contributed by atoms with Crippen LogP contribution in [0.1, 0.15) is 18.9 Å². The standard InChI is InChI=1S/C20H23N3S/c1-3-12-23(2)13-15-4-6-16(7-5-15)19-14-24-20(22-19)17-8-10-18(21)11-9-17/h4-11,14H,3,12-13,21H2,1-2H3. The molecule has 0 saturated carbocycles. The third-order valence-corrected chi connectivity index (χ3v) is 4.86. The molecule has 0 spiro atoms. The summed E-state index contributed by atoms with van der Waals surface area (Å²) >= 11 is 1.66. The summed E-state index contributed by atoms with van der Waals surface area (Å²) in [6.45, 7) is 4.32. The minimum atomic E-state index is 0.777. The van der Waals surface area contributed by atoms with Crippen LogP contribution in [0.5, 0.6) is 0 Å². The SMILES string of the molecule is CCCN(C)Cc1ccc(-c2csc(-c3ccc(N)cc3)n2)cc1. The average molecular weight is 337 g/mol. The van der Waals surface area contributed by atoms with Gasteiger partial charge in [0, 0.05) is 28.7 Å². The highest BCUT2D eigenvalue weighted by molar-refractivity contribution is 7.13. The van der Waals surface area contributed by atoms with E-state index < -0.39 is 0 Å². The Morgan fingerprint density at radius 3 is 2.33 bits per heavy atom. The molecule has 3 rings (SSSR count). The molecule has 2 aromatic carbocycles. The topological polar surface area (TPSA) is 42.1 Å². The number of hydrogen-bond donors (Lipinski definition) is 1. The fourth-order valence-electron chi connectivity index (χ4n) is 2.72. The Labute approximate surface area is 147 Å². The Bertz CT molecular complexity index is 775. The van der Waals surface area contributed by atoms with E-state index in [0.29, 0.717) is 0 Å². The zero-order chi connectivity index (χ0) is 16.9. The van der Waals surface area contributed by atoms with Crippen molar-refractivity contribution in [2.45, 2.75) is 19.9 Å². The summed E-state index contributed by atoms with van der Waals surface area (Å²) in [7, 11) is 2.16. The van der Waals surface area contributed by atoms with Crippen molar-refractivity contribution >= 4 is 17.0 Å². The van der Waals surface area contributed by atoms with Gasteiger partial charge in [-0.2, -0.15) is 0 Å². The molecule has 0 fully saturated rings. The van der Waals surface area contributed by atoms with Crippen molar-refractivity contribution in [3.8, 4) is 21.8 Å². The first-order chi connectivity index (χ1) is 11.7. The fraction of sp³-hybridized carbons (Fsp3) is 0.250. The second-order valence-electron chi connectivity index (χ2n) is 6.09. The van der Waals surface area contributed by atoms with E-state index in [1.165, 1.54) is 12.0 Å². The lowest BCUT2D eigenvalue weighted by Crippen LogP contribution is -2.18. The first-order valence-electron chi connectivity index (χ1n) is 8.25. The van der Waals surface area contributed by atoms with E-state index in [-0.39, 0.29) is 0 Å². The van der Waals surface area contributed by atoms with E-state index in [9.17, 15) is 0 Å². The molecule has 0 radical (unpaired) electrons. The third kappa shape index (κ3) is 4.02. The zero-order valence-electron chi connectivity index (χ0n) is 14.2. The lowest BCUT2D eigenvalue weighted by molar-refractivity contribution is 0.327. The van der Waals surface area contributed by atoms with Gasteiger partial charge in [-0.25, -0.2) is 4.98 Å². The van der Waals surface area contributed by atoms with Gasteiger partial charge in [0.05, 0.1) is 5.69 Å². The molecular formula is C20H23N3S. The van der Waals surface area contributed by atoms with Gasteiger partial charge >= 0.3 is 0 Å². The molecule has 0 aliphatic rings. The summed E-state index contributed by atoms with van der Waals surface area (Å²) in [6, 6.07) is 16.6. The molecular weight excluding hydrogens is 314 g/mol.